The molecule has 2 aromatic rings. The Balaban J connectivity index is 2.54. The Morgan fingerprint density at radius 3 is 2.93 bits per heavy atom. The second kappa shape index (κ2) is 3.75. The number of hydrogen-bond acceptors (Lipinski definition) is 4. The number of nitrogens with zero attached hydrogens (tertiary/aromatic N) is 4. The molecule has 1 N–H and O–H groups in total. The minimum Gasteiger partial charge on any atom is -0.372 e. The van der Waals surface area contributed by atoms with E-state index in [1.165, 1.54) is 6.33 Å². The molecular formula is C8H8BrN5. The normalized spacial score (nSPS) is 10.1. The molecule has 72 valence electrons. The van der Waals surface area contributed by atoms with Gasteiger partial charge < -0.3 is 5.32 Å². The van der Waals surface area contributed by atoms with Gasteiger partial charge in [-0.05, 0) is 22.0 Å². The van der Waals surface area contributed by atoms with Crippen molar-refractivity contribution in [2.45, 2.75) is 0 Å². The third kappa shape index (κ3) is 1.48. The molecule has 0 amide bonds. The Morgan fingerprint density at radius 1 is 1.43 bits per heavy atom. The summed E-state index contributed by atoms with van der Waals surface area (Å²) < 4.78 is 2.47. The highest BCUT2D eigenvalue weighted by molar-refractivity contribution is 9.10. The van der Waals surface area contributed by atoms with Crippen LogP contribution in [0, 0.1) is 0 Å². The zero-order chi connectivity index (χ0) is 9.97. The average Bonchev–Trinajstić information content (AvgIpc) is 2.71. The van der Waals surface area contributed by atoms with Crippen LogP contribution in [0.3, 0.4) is 0 Å². The van der Waals surface area contributed by atoms with Crippen LogP contribution in [0.5, 0.6) is 0 Å². The zero-order valence-electron chi connectivity index (χ0n) is 7.48. The van der Waals surface area contributed by atoms with Gasteiger partial charge in [-0.3, -0.25) is 0 Å². The largest absolute Gasteiger partial charge is 0.372 e. The second-order valence-corrected chi connectivity index (χ2v) is 3.35. The molecular weight excluding hydrogens is 246 g/mol. The lowest BCUT2D eigenvalue weighted by Gasteiger charge is -2.06. The van der Waals surface area contributed by atoms with Crippen LogP contribution in [0.4, 0.5) is 5.82 Å². The van der Waals surface area contributed by atoms with E-state index in [9.17, 15) is 0 Å². The summed E-state index contributed by atoms with van der Waals surface area (Å²) in [5.74, 6) is 1.46. The Bertz CT molecular complexity index is 425. The summed E-state index contributed by atoms with van der Waals surface area (Å²) in [7, 11) is 1.81. The number of aromatic nitrogens is 4. The maximum atomic E-state index is 4.13. The van der Waals surface area contributed by atoms with E-state index in [2.05, 4.69) is 36.3 Å². The van der Waals surface area contributed by atoms with Gasteiger partial charge >= 0.3 is 0 Å². The van der Waals surface area contributed by atoms with Gasteiger partial charge in [-0.25, -0.2) is 14.6 Å². The molecule has 6 heteroatoms. The van der Waals surface area contributed by atoms with Gasteiger partial charge in [0.2, 0.25) is 0 Å². The Kier molecular flexibility index (Phi) is 2.45. The van der Waals surface area contributed by atoms with Crippen molar-refractivity contribution >= 4 is 21.7 Å². The molecule has 14 heavy (non-hydrogen) atoms. The highest BCUT2D eigenvalue weighted by atomic mass is 79.9. The van der Waals surface area contributed by atoms with Crippen molar-refractivity contribution in [2.75, 3.05) is 12.4 Å². The summed E-state index contributed by atoms with van der Waals surface area (Å²) in [6, 6.07) is 1.84. The molecule has 0 aromatic carbocycles. The van der Waals surface area contributed by atoms with Crippen LogP contribution >= 0.6 is 15.9 Å². The molecule has 0 bridgehead atoms. The van der Waals surface area contributed by atoms with E-state index >= 15 is 0 Å². The number of rotatable bonds is 2. The minimum absolute atomic E-state index is 0.717. The Morgan fingerprint density at radius 2 is 2.29 bits per heavy atom. The Labute approximate surface area is 89.3 Å². The summed E-state index contributed by atoms with van der Waals surface area (Å²) in [4.78, 5) is 8.19. The molecule has 2 rings (SSSR count). The molecule has 5 nitrogen and oxygen atoms in total. The van der Waals surface area contributed by atoms with Crippen molar-refractivity contribution in [2.24, 2.45) is 0 Å². The second-order valence-electron chi connectivity index (χ2n) is 2.56. The lowest BCUT2D eigenvalue weighted by atomic mass is 10.5. The van der Waals surface area contributed by atoms with Crippen molar-refractivity contribution in [3.05, 3.63) is 29.3 Å². The molecule has 0 aliphatic heterocycles. The van der Waals surface area contributed by atoms with Crippen LogP contribution < -0.4 is 5.32 Å². The first-order valence-corrected chi connectivity index (χ1v) is 4.80. The highest BCUT2D eigenvalue weighted by Gasteiger charge is 2.08. The van der Waals surface area contributed by atoms with E-state index in [0.29, 0.717) is 5.82 Å². The van der Waals surface area contributed by atoms with E-state index in [1.807, 2.05) is 12.3 Å². The van der Waals surface area contributed by atoms with Gasteiger partial charge in [0.05, 0.1) is 0 Å². The summed E-state index contributed by atoms with van der Waals surface area (Å²) in [6.45, 7) is 0. The van der Waals surface area contributed by atoms with Gasteiger partial charge in [-0.2, -0.15) is 5.10 Å². The predicted molar refractivity (Wildman–Crippen MR) is 56.4 cm³/mol. The Hall–Kier alpha value is -1.43. The van der Waals surface area contributed by atoms with E-state index < -0.39 is 0 Å². The zero-order valence-corrected chi connectivity index (χ0v) is 9.06. The van der Waals surface area contributed by atoms with Crippen LogP contribution in [0.25, 0.3) is 5.82 Å². The molecule has 0 saturated heterocycles. The fourth-order valence-corrected chi connectivity index (χ4v) is 1.67. The van der Waals surface area contributed by atoms with Gasteiger partial charge in [-0.1, -0.05) is 0 Å². The van der Waals surface area contributed by atoms with E-state index in [1.54, 1.807) is 17.9 Å². The highest BCUT2D eigenvalue weighted by Crippen LogP contribution is 2.24. The van der Waals surface area contributed by atoms with Crippen LogP contribution in [0.2, 0.25) is 0 Å². The van der Waals surface area contributed by atoms with Crippen molar-refractivity contribution in [1.82, 2.24) is 19.7 Å². The molecule has 0 saturated carbocycles. The average molecular weight is 254 g/mol. The molecule has 0 aliphatic carbocycles. The third-order valence-corrected chi connectivity index (χ3v) is 2.46. The first-order valence-electron chi connectivity index (χ1n) is 4.01. The smallest absolute Gasteiger partial charge is 0.173 e. The van der Waals surface area contributed by atoms with Crippen LogP contribution in [-0.2, 0) is 0 Å². The number of hydrogen-bond donors (Lipinski definition) is 1. The summed E-state index contributed by atoms with van der Waals surface area (Å²) >= 11 is 3.41. The molecule has 0 unspecified atom stereocenters. The quantitative estimate of drug-likeness (QED) is 0.881. The maximum Gasteiger partial charge on any atom is 0.173 e. The predicted octanol–water partition coefficient (Wildman–Crippen LogP) is 1.47. The fourth-order valence-electron chi connectivity index (χ4n) is 1.09. The molecule has 0 radical (unpaired) electrons. The summed E-state index contributed by atoms with van der Waals surface area (Å²) in [6.07, 6.45) is 5.02. The van der Waals surface area contributed by atoms with E-state index in [0.717, 1.165) is 10.3 Å². The topological polar surface area (TPSA) is 55.6 Å². The molecule has 2 heterocycles. The van der Waals surface area contributed by atoms with Crippen molar-refractivity contribution in [3.8, 4) is 5.82 Å². The lowest BCUT2D eigenvalue weighted by molar-refractivity contribution is 0.834. The lowest BCUT2D eigenvalue weighted by Crippen LogP contribution is -2.03. The molecule has 0 atom stereocenters. The molecule has 0 spiro atoms. The standard InChI is InChI=1S/C8H8BrN5/c1-10-7-6(9)8(12-5-11-7)14-4-2-3-13-14/h2-5H,1H3,(H,10,11,12). The van der Waals surface area contributed by atoms with Crippen LogP contribution in [0.15, 0.2) is 29.3 Å². The fraction of sp³-hybridized carbons (Fsp3) is 0.125. The number of nitrogens with one attached hydrogen (secondary N) is 1. The number of anilines is 1. The van der Waals surface area contributed by atoms with Crippen LogP contribution in [0.1, 0.15) is 0 Å². The maximum absolute atomic E-state index is 4.13. The molecule has 0 fully saturated rings. The first-order chi connectivity index (χ1) is 6.83. The van der Waals surface area contributed by atoms with E-state index in [-0.39, 0.29) is 0 Å². The summed E-state index contributed by atoms with van der Waals surface area (Å²) in [5.41, 5.74) is 0. The summed E-state index contributed by atoms with van der Waals surface area (Å²) in [5, 5.41) is 7.05. The van der Waals surface area contributed by atoms with Gasteiger partial charge in [-0.15, -0.1) is 0 Å². The van der Waals surface area contributed by atoms with Crippen molar-refractivity contribution in [3.63, 3.8) is 0 Å². The first kappa shape index (κ1) is 9.14. The van der Waals surface area contributed by atoms with Gasteiger partial charge in [0.1, 0.15) is 16.6 Å². The monoisotopic (exact) mass is 253 g/mol. The third-order valence-electron chi connectivity index (χ3n) is 1.73. The van der Waals surface area contributed by atoms with Crippen molar-refractivity contribution in [1.29, 1.82) is 0 Å². The van der Waals surface area contributed by atoms with Crippen molar-refractivity contribution < 1.29 is 0 Å². The SMILES string of the molecule is CNc1ncnc(-n2cccn2)c1Br. The van der Waals surface area contributed by atoms with Crippen LogP contribution in [-0.4, -0.2) is 26.8 Å². The van der Waals surface area contributed by atoms with Gasteiger partial charge in [0.15, 0.2) is 5.82 Å². The minimum atomic E-state index is 0.717. The molecule has 0 aliphatic rings. The van der Waals surface area contributed by atoms with Gasteiger partial charge in [0.25, 0.3) is 0 Å². The number of halogens is 1. The molecule has 2 aromatic heterocycles. The van der Waals surface area contributed by atoms with E-state index in [4.69, 9.17) is 0 Å². The van der Waals surface area contributed by atoms with Gasteiger partial charge in [0, 0.05) is 19.4 Å².